The number of rotatable bonds is 1. The minimum absolute atomic E-state index is 0.162. The van der Waals surface area contributed by atoms with Gasteiger partial charge >= 0.3 is 12.5 Å². The highest BCUT2D eigenvalue weighted by Crippen LogP contribution is 2.35. The van der Waals surface area contributed by atoms with E-state index in [4.69, 9.17) is 0 Å². The maximum absolute atomic E-state index is 12.6. The van der Waals surface area contributed by atoms with E-state index in [2.05, 4.69) is 9.72 Å². The molecule has 0 unspecified atom stereocenters. The lowest BCUT2D eigenvalue weighted by Crippen LogP contribution is -2.18. The lowest BCUT2D eigenvalue weighted by atomic mass is 10.1. The third-order valence-corrected chi connectivity index (χ3v) is 2.53. The molecule has 0 aliphatic heterocycles. The van der Waals surface area contributed by atoms with Gasteiger partial charge in [-0.3, -0.25) is 0 Å². The van der Waals surface area contributed by atoms with Crippen LogP contribution in [0.3, 0.4) is 0 Å². The minimum Gasteiger partial charge on any atom is -0.403 e. The van der Waals surface area contributed by atoms with Crippen LogP contribution in [0.5, 0.6) is 5.75 Å². The van der Waals surface area contributed by atoms with Crippen molar-refractivity contribution in [3.8, 4) is 5.75 Å². The molecule has 108 valence electrons. The molecule has 0 N–H and O–H groups in total. The van der Waals surface area contributed by atoms with Crippen molar-refractivity contribution in [3.05, 3.63) is 35.5 Å². The molecule has 0 spiro atoms. The fourth-order valence-electron chi connectivity index (χ4n) is 1.74. The van der Waals surface area contributed by atoms with Crippen LogP contribution >= 0.6 is 0 Å². The normalized spacial score (nSPS) is 12.8. The highest BCUT2D eigenvalue weighted by atomic mass is 19.4. The highest BCUT2D eigenvalue weighted by Gasteiger charge is 2.35. The molecule has 2 nitrogen and oxygen atoms in total. The zero-order chi connectivity index (χ0) is 15.1. The van der Waals surface area contributed by atoms with Gasteiger partial charge in [-0.1, -0.05) is 12.1 Å². The lowest BCUT2D eigenvalue weighted by Gasteiger charge is -2.14. The van der Waals surface area contributed by atoms with Crippen LogP contribution in [0.15, 0.2) is 24.3 Å². The molecule has 0 radical (unpaired) electrons. The predicted octanol–water partition coefficient (Wildman–Crippen LogP) is 4.46. The van der Waals surface area contributed by atoms with Gasteiger partial charge in [-0.05, 0) is 24.6 Å². The van der Waals surface area contributed by atoms with Crippen LogP contribution in [-0.2, 0) is 6.18 Å². The second-order valence-electron chi connectivity index (χ2n) is 4.02. The van der Waals surface area contributed by atoms with E-state index in [9.17, 15) is 26.3 Å². The van der Waals surface area contributed by atoms with Crippen LogP contribution in [0.25, 0.3) is 10.9 Å². The molecular weight excluding hydrogens is 288 g/mol. The summed E-state index contributed by atoms with van der Waals surface area (Å²) in [6.45, 7) is 1.36. The monoisotopic (exact) mass is 295 g/mol. The summed E-state index contributed by atoms with van der Waals surface area (Å²) in [5.41, 5.74) is -1.58. The second-order valence-corrected chi connectivity index (χ2v) is 4.02. The first-order valence-corrected chi connectivity index (χ1v) is 5.31. The van der Waals surface area contributed by atoms with E-state index in [0.29, 0.717) is 0 Å². The molecule has 2 aromatic rings. The van der Waals surface area contributed by atoms with E-state index in [1.165, 1.54) is 19.1 Å². The van der Waals surface area contributed by atoms with Gasteiger partial charge in [-0.15, -0.1) is 13.2 Å². The Bertz CT molecular complexity index is 647. The Morgan fingerprint density at radius 2 is 1.70 bits per heavy atom. The Hall–Kier alpha value is -1.99. The maximum atomic E-state index is 12.6. The van der Waals surface area contributed by atoms with Crippen LogP contribution in [0.2, 0.25) is 0 Å². The van der Waals surface area contributed by atoms with Gasteiger partial charge in [0.15, 0.2) is 5.75 Å². The van der Waals surface area contributed by atoms with Crippen molar-refractivity contribution in [2.75, 3.05) is 0 Å². The molecule has 20 heavy (non-hydrogen) atoms. The van der Waals surface area contributed by atoms with Crippen molar-refractivity contribution in [1.29, 1.82) is 0 Å². The van der Waals surface area contributed by atoms with Gasteiger partial charge in [0.1, 0.15) is 11.2 Å². The second kappa shape index (κ2) is 4.53. The molecule has 0 saturated heterocycles. The number of aryl methyl sites for hydroxylation is 1. The van der Waals surface area contributed by atoms with Crippen molar-refractivity contribution in [3.63, 3.8) is 0 Å². The highest BCUT2D eigenvalue weighted by molar-refractivity contribution is 5.87. The summed E-state index contributed by atoms with van der Waals surface area (Å²) in [7, 11) is 0. The van der Waals surface area contributed by atoms with Crippen LogP contribution in [-0.4, -0.2) is 11.3 Å². The van der Waals surface area contributed by atoms with E-state index < -0.39 is 29.5 Å². The number of benzene rings is 1. The summed E-state index contributed by atoms with van der Waals surface area (Å²) < 4.78 is 78.3. The number of pyridine rings is 1. The average Bonchev–Trinajstić information content (AvgIpc) is 2.26. The number of para-hydroxylation sites is 1. The predicted molar refractivity (Wildman–Crippen MR) is 58.2 cm³/mol. The zero-order valence-corrected chi connectivity index (χ0v) is 9.93. The van der Waals surface area contributed by atoms with Crippen molar-refractivity contribution in [1.82, 2.24) is 4.98 Å². The number of ether oxygens (including phenoxy) is 1. The molecular formula is C12H7F6NO. The largest absolute Gasteiger partial charge is 0.573 e. The van der Waals surface area contributed by atoms with Gasteiger partial charge in [-0.2, -0.15) is 13.2 Å². The molecule has 0 amide bonds. The van der Waals surface area contributed by atoms with Gasteiger partial charge in [0.05, 0.1) is 0 Å². The summed E-state index contributed by atoms with van der Waals surface area (Å²) >= 11 is 0. The zero-order valence-electron chi connectivity index (χ0n) is 9.93. The third kappa shape index (κ3) is 2.94. The van der Waals surface area contributed by atoms with Crippen molar-refractivity contribution in [2.45, 2.75) is 19.5 Å². The van der Waals surface area contributed by atoms with E-state index in [-0.39, 0.29) is 10.9 Å². The smallest absolute Gasteiger partial charge is 0.403 e. The van der Waals surface area contributed by atoms with Crippen LogP contribution in [0.1, 0.15) is 11.3 Å². The lowest BCUT2D eigenvalue weighted by molar-refractivity contribution is -0.274. The Balaban J connectivity index is 2.69. The Morgan fingerprint density at radius 1 is 1.05 bits per heavy atom. The molecule has 0 aliphatic carbocycles. The number of hydrogen-bond donors (Lipinski definition) is 0. The topological polar surface area (TPSA) is 22.1 Å². The van der Waals surface area contributed by atoms with Gasteiger partial charge in [-0.25, -0.2) is 4.98 Å². The van der Waals surface area contributed by atoms with Gasteiger partial charge in [0.2, 0.25) is 0 Å². The van der Waals surface area contributed by atoms with Crippen LogP contribution in [0, 0.1) is 6.92 Å². The first-order chi connectivity index (χ1) is 9.08. The quantitative estimate of drug-likeness (QED) is 0.725. The Morgan fingerprint density at radius 3 is 2.25 bits per heavy atom. The Kier molecular flexibility index (Phi) is 3.27. The number of halogens is 6. The maximum Gasteiger partial charge on any atom is 0.573 e. The van der Waals surface area contributed by atoms with E-state index in [1.807, 2.05) is 0 Å². The fourth-order valence-corrected chi connectivity index (χ4v) is 1.74. The molecule has 0 fully saturated rings. The van der Waals surface area contributed by atoms with E-state index in [1.54, 1.807) is 0 Å². The molecule has 1 aromatic heterocycles. The van der Waals surface area contributed by atoms with Crippen LogP contribution in [0.4, 0.5) is 26.3 Å². The number of hydrogen-bond acceptors (Lipinski definition) is 2. The third-order valence-electron chi connectivity index (χ3n) is 2.53. The molecule has 1 aromatic carbocycles. The number of nitrogens with zero attached hydrogens (tertiary/aromatic N) is 1. The first kappa shape index (κ1) is 14.4. The van der Waals surface area contributed by atoms with Crippen molar-refractivity contribution < 1.29 is 31.1 Å². The summed E-state index contributed by atoms with van der Waals surface area (Å²) in [5.74, 6) is -0.760. The Labute approximate surface area is 109 Å². The molecule has 0 saturated carbocycles. The van der Waals surface area contributed by atoms with E-state index >= 15 is 0 Å². The molecule has 1 heterocycles. The number of alkyl halides is 6. The average molecular weight is 295 g/mol. The summed E-state index contributed by atoms with van der Waals surface area (Å²) in [6.07, 6.45) is -9.75. The molecule has 0 bridgehead atoms. The van der Waals surface area contributed by atoms with Gasteiger partial charge < -0.3 is 4.74 Å². The summed E-state index contributed by atoms with van der Waals surface area (Å²) in [6, 6.07) is 4.33. The number of fused-ring (bicyclic) bond motifs is 1. The van der Waals surface area contributed by atoms with Crippen molar-refractivity contribution in [2.24, 2.45) is 0 Å². The SMILES string of the molecule is Cc1cc(C(F)(F)F)nc2c(OC(F)(F)F)cccc12. The van der Waals surface area contributed by atoms with Crippen molar-refractivity contribution >= 4 is 10.9 Å². The molecule has 2 rings (SSSR count). The first-order valence-electron chi connectivity index (χ1n) is 5.31. The molecule has 8 heteroatoms. The van der Waals surface area contributed by atoms with E-state index in [0.717, 1.165) is 12.1 Å². The van der Waals surface area contributed by atoms with Gasteiger partial charge in [0, 0.05) is 5.39 Å². The summed E-state index contributed by atoms with van der Waals surface area (Å²) in [5, 5.41) is 0.166. The molecule has 0 atom stereocenters. The standard InChI is InChI=1S/C12H7F6NO/c1-6-5-9(11(13,14)15)19-10-7(6)3-2-4-8(10)20-12(16,17)18/h2-5H,1H3. The van der Waals surface area contributed by atoms with Gasteiger partial charge in [0.25, 0.3) is 0 Å². The summed E-state index contributed by atoms with van der Waals surface area (Å²) in [4.78, 5) is 3.24. The minimum atomic E-state index is -5.00. The fraction of sp³-hybridized carbons (Fsp3) is 0.250. The van der Waals surface area contributed by atoms with Crippen LogP contribution < -0.4 is 4.74 Å². The molecule has 0 aliphatic rings. The number of aromatic nitrogens is 1.